The van der Waals surface area contributed by atoms with Crippen LogP contribution in [0.5, 0.6) is 0 Å². The summed E-state index contributed by atoms with van der Waals surface area (Å²) in [5.41, 5.74) is -2.36. The van der Waals surface area contributed by atoms with Crippen LogP contribution in [-0.4, -0.2) is 34.1 Å². The minimum Gasteiger partial charge on any atom is -0.435 e. The molecule has 0 spiro atoms. The lowest BCUT2D eigenvalue weighted by Gasteiger charge is -2.04. The van der Waals surface area contributed by atoms with Gasteiger partial charge in [0.1, 0.15) is 0 Å². The normalized spacial score (nSPS) is 10.0. The molecule has 0 unspecified atom stereocenters. The summed E-state index contributed by atoms with van der Waals surface area (Å²) >= 11 is 0. The number of hydrogen-bond donors (Lipinski definition) is 1. The van der Waals surface area contributed by atoms with Gasteiger partial charge in [0.2, 0.25) is 7.98 Å². The lowest BCUT2D eigenvalue weighted by molar-refractivity contribution is 0.559. The van der Waals surface area contributed by atoms with Gasteiger partial charge >= 0.3 is 24.7 Å². The van der Waals surface area contributed by atoms with Crippen LogP contribution in [-0.2, 0) is 7.05 Å². The molecule has 0 saturated heterocycles. The van der Waals surface area contributed by atoms with Gasteiger partial charge in [-0.05, 0) is 0 Å². The Hall–Kier alpha value is -1.50. The topological polar surface area (TPSA) is 86.2 Å². The van der Waals surface area contributed by atoms with Crippen LogP contribution in [0.3, 0.4) is 0 Å². The summed E-state index contributed by atoms with van der Waals surface area (Å²) < 4.78 is 2.05. The van der Waals surface area contributed by atoms with Crippen LogP contribution >= 0.6 is 0 Å². The molecule has 1 aromatic rings. The van der Waals surface area contributed by atoms with Gasteiger partial charge in [-0.2, -0.15) is 0 Å². The first-order valence-electron chi connectivity index (χ1n) is 3.48. The molecule has 1 heterocycles. The molecule has 68 valence electrons. The van der Waals surface area contributed by atoms with E-state index in [1.807, 2.05) is 0 Å². The maximum atomic E-state index is 11.1. The largest absolute Gasteiger partial charge is 0.435 e. The Balaban J connectivity index is 3.89. The Labute approximate surface area is 73.6 Å². The van der Waals surface area contributed by atoms with E-state index < -0.39 is 24.7 Å². The Kier molecular flexibility index (Phi) is 2.28. The van der Waals surface area contributed by atoms with Crippen molar-refractivity contribution in [3.8, 4) is 0 Å². The monoisotopic (exact) mass is 183 g/mol. The average molecular weight is 183 g/mol. The molecule has 13 heavy (non-hydrogen) atoms. The summed E-state index contributed by atoms with van der Waals surface area (Å²) in [5.74, 6) is 0. The second-order valence-electron chi connectivity index (χ2n) is 2.54. The summed E-state index contributed by atoms with van der Waals surface area (Å²) in [6.07, 6.45) is 0. The number of rotatable bonds is 1. The van der Waals surface area contributed by atoms with E-state index >= 15 is 0 Å². The van der Waals surface area contributed by atoms with E-state index in [-0.39, 0.29) is 0 Å². The van der Waals surface area contributed by atoms with Gasteiger partial charge in [0.15, 0.2) is 0 Å². The fourth-order valence-corrected chi connectivity index (χ4v) is 0.954. The van der Waals surface area contributed by atoms with Gasteiger partial charge in [-0.1, -0.05) is 0 Å². The predicted molar refractivity (Wildman–Crippen MR) is 48.9 cm³/mol. The molecule has 0 amide bonds. The maximum Gasteiger partial charge on any atom is 0.407 e. The van der Waals surface area contributed by atoms with Gasteiger partial charge in [-0.15, -0.1) is 0 Å². The first-order valence-corrected chi connectivity index (χ1v) is 3.48. The van der Waals surface area contributed by atoms with E-state index in [1.165, 1.54) is 15.0 Å². The molecule has 1 N–H and O–H groups in total. The van der Waals surface area contributed by atoms with E-state index in [0.29, 0.717) is 4.48 Å². The van der Waals surface area contributed by atoms with Crippen molar-refractivity contribution >= 4 is 15.6 Å². The molecule has 9 heteroatoms. The zero-order valence-corrected chi connectivity index (χ0v) is 7.22. The fraction of sp³-hybridized carbons (Fsp3) is 0.250. The molecule has 7 nitrogen and oxygen atoms in total. The van der Waals surface area contributed by atoms with Crippen molar-refractivity contribution in [2.24, 2.45) is 7.05 Å². The molecular formula is C4H7B2N3O4. The van der Waals surface area contributed by atoms with Crippen LogP contribution in [0.1, 0.15) is 0 Å². The zero-order valence-electron chi connectivity index (χ0n) is 7.22. The first-order chi connectivity index (χ1) is 6.00. The van der Waals surface area contributed by atoms with E-state index in [1.54, 1.807) is 0 Å². The lowest BCUT2D eigenvalue weighted by Crippen LogP contribution is -2.54. The molecule has 0 radical (unpaired) electrons. The quantitative estimate of drug-likeness (QED) is 0.442. The third-order valence-electron chi connectivity index (χ3n) is 1.75. The van der Waals surface area contributed by atoms with Gasteiger partial charge in [0.05, 0.1) is 0 Å². The fourth-order valence-electron chi connectivity index (χ4n) is 0.954. The highest BCUT2D eigenvalue weighted by Crippen LogP contribution is 1.59. The molecule has 1 rings (SSSR count). The van der Waals surface area contributed by atoms with Gasteiger partial charge in [0.25, 0.3) is 0 Å². The Morgan fingerprint density at radius 1 is 1.23 bits per heavy atom. The van der Waals surface area contributed by atoms with Crippen LogP contribution < -0.4 is 17.1 Å². The standard InChI is InChI=1S/C4H7B2N3O4/c1-7-2(10)8(5)4(12)9(6-13)3(7)11/h6,13H,5H2,1H3. The van der Waals surface area contributed by atoms with Gasteiger partial charge in [-0.3, -0.25) is 9.05 Å². The minimum atomic E-state index is -0.824. The molecule has 0 aromatic carbocycles. The second-order valence-corrected chi connectivity index (χ2v) is 2.54. The lowest BCUT2D eigenvalue weighted by atomic mass is 10.3. The average Bonchev–Trinajstić information content (AvgIpc) is 2.13. The van der Waals surface area contributed by atoms with Crippen molar-refractivity contribution in [2.75, 3.05) is 0 Å². The van der Waals surface area contributed by atoms with Crippen molar-refractivity contribution in [3.05, 3.63) is 31.5 Å². The molecule has 0 fully saturated rings. The summed E-state index contributed by atoms with van der Waals surface area (Å²) in [6, 6.07) is 0. The summed E-state index contributed by atoms with van der Waals surface area (Å²) in [5, 5.41) is 8.67. The van der Waals surface area contributed by atoms with Gasteiger partial charge in [0, 0.05) is 7.05 Å². The molecule has 0 bridgehead atoms. The molecule has 1 aromatic heterocycles. The first kappa shape index (κ1) is 9.59. The number of nitrogens with zero attached hydrogens (tertiary/aromatic N) is 3. The molecule has 0 aliphatic carbocycles. The molecular weight excluding hydrogens is 176 g/mol. The van der Waals surface area contributed by atoms with Gasteiger partial charge < -0.3 is 9.50 Å². The second kappa shape index (κ2) is 3.09. The van der Waals surface area contributed by atoms with Gasteiger partial charge in [-0.25, -0.2) is 14.4 Å². The van der Waals surface area contributed by atoms with Crippen LogP contribution in [0.25, 0.3) is 0 Å². The van der Waals surface area contributed by atoms with E-state index in [4.69, 9.17) is 5.02 Å². The van der Waals surface area contributed by atoms with Crippen molar-refractivity contribution in [1.29, 1.82) is 0 Å². The smallest absolute Gasteiger partial charge is 0.407 e. The number of hydrogen-bond acceptors (Lipinski definition) is 4. The van der Waals surface area contributed by atoms with Crippen LogP contribution in [0.4, 0.5) is 0 Å². The highest BCUT2D eigenvalue weighted by molar-refractivity contribution is 6.23. The summed E-state index contributed by atoms with van der Waals surface area (Å²) in [7, 11) is 1.73. The molecule has 0 aliphatic heterocycles. The van der Waals surface area contributed by atoms with Crippen LogP contribution in [0.2, 0.25) is 0 Å². The predicted octanol–water partition coefficient (Wildman–Crippen LogP) is -4.79. The third kappa shape index (κ3) is 1.26. The highest BCUT2D eigenvalue weighted by Gasteiger charge is 2.08. The van der Waals surface area contributed by atoms with E-state index in [9.17, 15) is 14.4 Å². The Morgan fingerprint density at radius 3 is 2.23 bits per heavy atom. The van der Waals surface area contributed by atoms with E-state index in [2.05, 4.69) is 0 Å². The van der Waals surface area contributed by atoms with Crippen molar-refractivity contribution in [2.45, 2.75) is 0 Å². The summed E-state index contributed by atoms with van der Waals surface area (Å²) in [4.78, 5) is 33.4. The Morgan fingerprint density at radius 2 is 1.77 bits per heavy atom. The SMILES string of the molecule is Bn1c(=O)n(C)c(=O)n(BO)c1=O. The number of aromatic nitrogens is 3. The Bertz CT molecular complexity index is 457. The molecule has 0 atom stereocenters. The summed E-state index contributed by atoms with van der Waals surface area (Å²) in [6.45, 7) is 0. The third-order valence-corrected chi connectivity index (χ3v) is 1.75. The van der Waals surface area contributed by atoms with Crippen molar-refractivity contribution in [3.63, 3.8) is 0 Å². The maximum absolute atomic E-state index is 11.1. The minimum absolute atomic E-state index is 0.557. The van der Waals surface area contributed by atoms with Crippen molar-refractivity contribution < 1.29 is 5.02 Å². The molecule has 0 aliphatic rings. The van der Waals surface area contributed by atoms with E-state index in [0.717, 1.165) is 9.05 Å². The van der Waals surface area contributed by atoms with Crippen LogP contribution in [0, 0.1) is 0 Å². The zero-order chi connectivity index (χ0) is 10.2. The molecule has 0 saturated carbocycles. The highest BCUT2D eigenvalue weighted by atomic mass is 16.2. The van der Waals surface area contributed by atoms with Crippen LogP contribution in [0.15, 0.2) is 14.4 Å². The van der Waals surface area contributed by atoms with Crippen molar-refractivity contribution in [1.82, 2.24) is 13.5 Å².